The predicted octanol–water partition coefficient (Wildman–Crippen LogP) is 5.03. The van der Waals surface area contributed by atoms with Crippen LogP contribution < -0.4 is 4.72 Å². The molecule has 0 amide bonds. The fourth-order valence-corrected chi connectivity index (χ4v) is 5.79. The lowest BCUT2D eigenvalue weighted by Crippen LogP contribution is -2.13. The first-order valence-corrected chi connectivity index (χ1v) is 10.2. The van der Waals surface area contributed by atoms with Crippen molar-refractivity contribution >= 4 is 72.8 Å². The first-order chi connectivity index (χ1) is 10.9. The van der Waals surface area contributed by atoms with Gasteiger partial charge in [0.25, 0.3) is 10.0 Å². The molecule has 1 N–H and O–H groups in total. The van der Waals surface area contributed by atoms with E-state index in [0.29, 0.717) is 15.7 Å². The third kappa shape index (κ3) is 3.47. The van der Waals surface area contributed by atoms with E-state index in [-0.39, 0.29) is 20.1 Å². The molecule has 0 spiro atoms. The fraction of sp³-hybridized carbons (Fsp3) is 0. The van der Waals surface area contributed by atoms with Crippen LogP contribution in [0, 0.1) is 0 Å². The Labute approximate surface area is 155 Å². The Morgan fingerprint density at radius 2 is 1.74 bits per heavy atom. The van der Waals surface area contributed by atoms with E-state index in [4.69, 9.17) is 34.8 Å². The number of nitrogens with one attached hydrogen (secondary N) is 1. The molecule has 0 aliphatic rings. The molecule has 1 aromatic carbocycles. The standard InChI is InChI=1S/C12H6Cl3N3O2S3/c13-6-4-5-21-9(6)11-16-12(22-17-11)18-23(19,20)10-7(14)2-1-3-8(10)15/h1-5H,(H,16,17,18). The van der Waals surface area contributed by atoms with Gasteiger partial charge in [0.1, 0.15) is 4.90 Å². The van der Waals surface area contributed by atoms with Crippen LogP contribution in [-0.2, 0) is 10.0 Å². The van der Waals surface area contributed by atoms with Gasteiger partial charge in [0.2, 0.25) is 5.13 Å². The maximum atomic E-state index is 12.4. The largest absolute Gasteiger partial charge is 0.266 e. The molecular weight excluding hydrogens is 421 g/mol. The highest BCUT2D eigenvalue weighted by atomic mass is 35.5. The van der Waals surface area contributed by atoms with Crippen molar-refractivity contribution in [2.75, 3.05) is 4.72 Å². The van der Waals surface area contributed by atoms with Crippen LogP contribution in [0.5, 0.6) is 0 Å². The molecule has 2 aromatic heterocycles. The second-order valence-corrected chi connectivity index (χ2v) is 8.69. The summed E-state index contributed by atoms with van der Waals surface area (Å²) in [6, 6.07) is 6.17. The molecule has 120 valence electrons. The SMILES string of the molecule is O=S(=O)(Nc1nc(-c2sccc2Cl)ns1)c1c(Cl)cccc1Cl. The molecule has 2 heterocycles. The van der Waals surface area contributed by atoms with Crippen LogP contribution >= 0.6 is 57.7 Å². The monoisotopic (exact) mass is 425 g/mol. The molecule has 0 unspecified atom stereocenters. The number of halogens is 3. The lowest BCUT2D eigenvalue weighted by atomic mass is 10.4. The minimum Gasteiger partial charge on any atom is -0.253 e. The minimum absolute atomic E-state index is 0.0241. The Kier molecular flexibility index (Phi) is 4.82. The summed E-state index contributed by atoms with van der Waals surface area (Å²) >= 11 is 20.2. The number of rotatable bonds is 4. The van der Waals surface area contributed by atoms with Crippen molar-refractivity contribution in [1.29, 1.82) is 0 Å². The van der Waals surface area contributed by atoms with Gasteiger partial charge in [-0.05, 0) is 23.6 Å². The van der Waals surface area contributed by atoms with E-state index in [1.165, 1.54) is 23.5 Å². The summed E-state index contributed by atoms with van der Waals surface area (Å²) < 4.78 is 31.3. The molecule has 11 heteroatoms. The van der Waals surface area contributed by atoms with Crippen molar-refractivity contribution in [2.24, 2.45) is 0 Å². The van der Waals surface area contributed by atoms with E-state index < -0.39 is 10.0 Å². The summed E-state index contributed by atoms with van der Waals surface area (Å²) in [5.74, 6) is 0.359. The quantitative estimate of drug-likeness (QED) is 0.635. The summed E-state index contributed by atoms with van der Waals surface area (Å²) in [6.07, 6.45) is 0. The van der Waals surface area contributed by atoms with Gasteiger partial charge in [0.05, 0.1) is 19.9 Å². The smallest absolute Gasteiger partial charge is 0.253 e. The molecule has 0 aliphatic heterocycles. The van der Waals surface area contributed by atoms with Gasteiger partial charge in [0, 0.05) is 11.5 Å². The zero-order valence-corrected chi connectivity index (χ0v) is 15.7. The summed E-state index contributed by atoms with van der Waals surface area (Å²) in [5.41, 5.74) is 0. The Morgan fingerprint density at radius 3 is 2.35 bits per heavy atom. The van der Waals surface area contributed by atoms with E-state index in [0.717, 1.165) is 11.5 Å². The van der Waals surface area contributed by atoms with E-state index in [9.17, 15) is 8.42 Å². The maximum absolute atomic E-state index is 12.4. The molecule has 23 heavy (non-hydrogen) atoms. The van der Waals surface area contributed by atoms with Crippen LogP contribution in [0.15, 0.2) is 34.5 Å². The van der Waals surface area contributed by atoms with Crippen molar-refractivity contribution in [3.8, 4) is 10.7 Å². The molecular formula is C12H6Cl3N3O2S3. The van der Waals surface area contributed by atoms with Crippen molar-refractivity contribution in [1.82, 2.24) is 9.36 Å². The lowest BCUT2D eigenvalue weighted by Gasteiger charge is -2.08. The summed E-state index contributed by atoms with van der Waals surface area (Å²) in [5, 5.41) is 2.45. The number of nitrogens with zero attached hydrogens (tertiary/aromatic N) is 2. The second kappa shape index (κ2) is 6.54. The summed E-state index contributed by atoms with van der Waals surface area (Å²) in [6.45, 7) is 0. The minimum atomic E-state index is -3.98. The van der Waals surface area contributed by atoms with E-state index >= 15 is 0 Å². The number of thiophene rings is 1. The third-order valence-corrected chi connectivity index (χ3v) is 7.05. The van der Waals surface area contributed by atoms with E-state index in [1.54, 1.807) is 17.5 Å². The van der Waals surface area contributed by atoms with Gasteiger partial charge in [-0.25, -0.2) is 8.42 Å². The molecule has 0 atom stereocenters. The Balaban J connectivity index is 1.93. The average Bonchev–Trinajstić information content (AvgIpc) is 3.06. The van der Waals surface area contributed by atoms with Crippen LogP contribution in [0.25, 0.3) is 10.7 Å². The summed E-state index contributed by atoms with van der Waals surface area (Å²) in [7, 11) is -3.98. The molecule has 0 saturated heterocycles. The molecule has 0 radical (unpaired) electrons. The van der Waals surface area contributed by atoms with Gasteiger partial charge in [-0.3, -0.25) is 4.72 Å². The average molecular weight is 427 g/mol. The van der Waals surface area contributed by atoms with Gasteiger partial charge in [-0.2, -0.15) is 9.36 Å². The predicted molar refractivity (Wildman–Crippen MR) is 95.5 cm³/mol. The maximum Gasteiger partial charge on any atom is 0.266 e. The fourth-order valence-electron chi connectivity index (χ4n) is 1.72. The van der Waals surface area contributed by atoms with Crippen LogP contribution in [0.4, 0.5) is 5.13 Å². The van der Waals surface area contributed by atoms with Crippen LogP contribution in [0.1, 0.15) is 0 Å². The molecule has 3 rings (SSSR count). The number of benzene rings is 1. The zero-order chi connectivity index (χ0) is 16.6. The van der Waals surface area contributed by atoms with Crippen molar-refractivity contribution < 1.29 is 8.42 Å². The van der Waals surface area contributed by atoms with Crippen molar-refractivity contribution in [3.05, 3.63) is 44.7 Å². The molecule has 0 saturated carbocycles. The Hall–Kier alpha value is -0.900. The highest BCUT2D eigenvalue weighted by Crippen LogP contribution is 2.34. The zero-order valence-electron chi connectivity index (χ0n) is 11.0. The van der Waals surface area contributed by atoms with Gasteiger partial charge in [-0.15, -0.1) is 11.3 Å². The Morgan fingerprint density at radius 1 is 1.04 bits per heavy atom. The molecule has 0 bridgehead atoms. The van der Waals surface area contributed by atoms with Crippen LogP contribution in [-0.4, -0.2) is 17.8 Å². The highest BCUT2D eigenvalue weighted by molar-refractivity contribution is 7.93. The van der Waals surface area contributed by atoms with Gasteiger partial charge >= 0.3 is 0 Å². The van der Waals surface area contributed by atoms with Crippen LogP contribution in [0.2, 0.25) is 15.1 Å². The highest BCUT2D eigenvalue weighted by Gasteiger charge is 2.23. The van der Waals surface area contributed by atoms with Crippen molar-refractivity contribution in [3.63, 3.8) is 0 Å². The molecule has 0 fully saturated rings. The van der Waals surface area contributed by atoms with Gasteiger partial charge in [-0.1, -0.05) is 40.9 Å². The second-order valence-electron chi connectivity index (χ2n) is 4.18. The first kappa shape index (κ1) is 16.9. The number of sulfonamides is 1. The Bertz CT molecular complexity index is 949. The first-order valence-electron chi connectivity index (χ1n) is 5.92. The van der Waals surface area contributed by atoms with Crippen molar-refractivity contribution in [2.45, 2.75) is 4.90 Å². The third-order valence-electron chi connectivity index (χ3n) is 2.66. The number of anilines is 1. The summed E-state index contributed by atoms with van der Waals surface area (Å²) in [4.78, 5) is 4.61. The van der Waals surface area contributed by atoms with E-state index in [2.05, 4.69) is 14.1 Å². The lowest BCUT2D eigenvalue weighted by molar-refractivity contribution is 0.601. The van der Waals surface area contributed by atoms with E-state index in [1.807, 2.05) is 0 Å². The van der Waals surface area contributed by atoms with Gasteiger partial charge < -0.3 is 0 Å². The molecule has 3 aromatic rings. The van der Waals surface area contributed by atoms with Crippen LogP contribution in [0.3, 0.4) is 0 Å². The number of hydrogen-bond donors (Lipinski definition) is 1. The van der Waals surface area contributed by atoms with Gasteiger partial charge in [0.15, 0.2) is 5.82 Å². The molecule has 5 nitrogen and oxygen atoms in total. The topological polar surface area (TPSA) is 72.0 Å². The number of hydrogen-bond acceptors (Lipinski definition) is 6. The molecule has 0 aliphatic carbocycles. The normalized spacial score (nSPS) is 11.6. The number of aromatic nitrogens is 2.